The van der Waals surface area contributed by atoms with Gasteiger partial charge in [-0.05, 0) is 103 Å². The maximum absolute atomic E-state index is 14.8. The summed E-state index contributed by atoms with van der Waals surface area (Å²) in [5.41, 5.74) is -1.71. The minimum absolute atomic E-state index is 0.0149. The lowest BCUT2D eigenvalue weighted by Gasteiger charge is -2.36. The molecule has 17 heteroatoms. The molecule has 60 heavy (non-hydrogen) atoms. The first-order valence-electron chi connectivity index (χ1n) is 21.3. The molecule has 6 rings (SSSR count). The number of amides is 5. The minimum Gasteiger partial charge on any atom is -0.459 e. The highest BCUT2D eigenvalue weighted by molar-refractivity contribution is 7.91. The molecule has 1 saturated heterocycles. The van der Waals surface area contributed by atoms with Gasteiger partial charge in [-0.3, -0.25) is 28.5 Å². The van der Waals surface area contributed by atoms with Gasteiger partial charge in [0.05, 0.1) is 22.4 Å². The summed E-state index contributed by atoms with van der Waals surface area (Å²) in [7, 11) is -4.09. The maximum Gasteiger partial charge on any atom is 0.408 e. The van der Waals surface area contributed by atoms with Crippen LogP contribution in [0.1, 0.15) is 137 Å². The molecule has 2 spiro atoms. The molecule has 5 atom stereocenters. The van der Waals surface area contributed by atoms with Gasteiger partial charge < -0.3 is 30.3 Å². The number of fused-ring (bicyclic) bond motifs is 3. The average molecular weight is 854 g/mol. The normalized spacial score (nSPS) is 26.5. The Morgan fingerprint density at radius 3 is 2.37 bits per heavy atom. The molecule has 2 aromatic rings. The van der Waals surface area contributed by atoms with Gasteiger partial charge in [-0.2, -0.15) is 4.98 Å². The highest BCUT2D eigenvalue weighted by Crippen LogP contribution is 2.50. The van der Waals surface area contributed by atoms with Gasteiger partial charge >= 0.3 is 6.09 Å². The lowest BCUT2D eigenvalue weighted by molar-refractivity contribution is -0.143. The minimum atomic E-state index is -4.09. The summed E-state index contributed by atoms with van der Waals surface area (Å²) in [6, 6.07) is 3.05. The van der Waals surface area contributed by atoms with Crippen molar-refractivity contribution in [3.05, 3.63) is 35.9 Å². The predicted octanol–water partition coefficient (Wildman–Crippen LogP) is 5.03. The number of carbonyl (C=O) groups is 5. The van der Waals surface area contributed by atoms with Crippen molar-refractivity contribution in [3.63, 3.8) is 0 Å². The highest BCUT2D eigenvalue weighted by atomic mass is 32.2. The van der Waals surface area contributed by atoms with Crippen LogP contribution >= 0.6 is 0 Å². The maximum atomic E-state index is 14.8. The van der Waals surface area contributed by atoms with Crippen molar-refractivity contribution in [2.75, 3.05) is 13.1 Å². The standard InChI is InChI=1S/C43H63N7O9S/c1-10-27-24-43(27)37(54)48-60(56,57)42(20-21-42)19-14-12-11-13-15-22-44-34(51)29-17-16-18-30-32(29)45-38(50(30)26(2)3)58-28-23-31(35(52)47-43)49(25-28)36(53)33(40(4,5)6)46-39(55)59-41(7,8)9/h11,13,16-18,26-28,31,33H,10,12,14-15,19-25H2,1-9H3,(H,44,51)(H,46,55)(H,47,52)(H,48,54)/t27-,28-,31+,33-,43-/m1/s1. The number of rotatable bonds is 4. The predicted molar refractivity (Wildman–Crippen MR) is 226 cm³/mol. The number of allylic oxidation sites excluding steroid dienone is 1. The van der Waals surface area contributed by atoms with Crippen LogP contribution in [0, 0.1) is 11.3 Å². The number of para-hydroxylation sites is 1. The molecule has 1 aromatic heterocycles. The smallest absolute Gasteiger partial charge is 0.408 e. The van der Waals surface area contributed by atoms with E-state index >= 15 is 0 Å². The number of hydrogen-bond donors (Lipinski definition) is 4. The highest BCUT2D eigenvalue weighted by Gasteiger charge is 2.64. The second-order valence-corrected chi connectivity index (χ2v) is 21.3. The molecule has 330 valence electrons. The summed E-state index contributed by atoms with van der Waals surface area (Å²) in [4.78, 5) is 76.3. The molecule has 4 bridgehead atoms. The van der Waals surface area contributed by atoms with Crippen molar-refractivity contribution in [1.82, 2.24) is 35.1 Å². The van der Waals surface area contributed by atoms with Gasteiger partial charge in [0, 0.05) is 19.0 Å². The van der Waals surface area contributed by atoms with E-state index in [-0.39, 0.29) is 43.3 Å². The Morgan fingerprint density at radius 2 is 1.75 bits per heavy atom. The number of benzene rings is 1. The molecule has 3 fully saturated rings. The van der Waals surface area contributed by atoms with E-state index in [1.54, 1.807) is 53.7 Å². The van der Waals surface area contributed by atoms with E-state index in [0.29, 0.717) is 68.1 Å². The fraction of sp³-hybridized carbons (Fsp3) is 0.674. The van der Waals surface area contributed by atoms with Crippen LogP contribution in [-0.4, -0.2) is 99.8 Å². The summed E-state index contributed by atoms with van der Waals surface area (Å²) in [5.74, 6) is -2.63. The average Bonchev–Trinajstić information content (AvgIpc) is 4.00. The van der Waals surface area contributed by atoms with E-state index in [4.69, 9.17) is 14.5 Å². The zero-order valence-corrected chi connectivity index (χ0v) is 37.3. The van der Waals surface area contributed by atoms with Gasteiger partial charge in [-0.1, -0.05) is 52.3 Å². The number of hydrogen-bond acceptors (Lipinski definition) is 10. The van der Waals surface area contributed by atoms with Crippen LogP contribution in [0.15, 0.2) is 30.4 Å². The first kappa shape index (κ1) is 44.9. The summed E-state index contributed by atoms with van der Waals surface area (Å²) >= 11 is 0. The summed E-state index contributed by atoms with van der Waals surface area (Å²) in [6.45, 7) is 16.6. The van der Waals surface area contributed by atoms with Crippen LogP contribution in [0.5, 0.6) is 6.01 Å². The summed E-state index contributed by atoms with van der Waals surface area (Å²) < 4.78 is 42.9. The Hall–Kier alpha value is -4.67. The lowest BCUT2D eigenvalue weighted by atomic mass is 9.85. The van der Waals surface area contributed by atoms with Gasteiger partial charge in [0.15, 0.2) is 0 Å². The quantitative estimate of drug-likeness (QED) is 0.302. The molecule has 4 N–H and O–H groups in total. The number of nitrogens with zero attached hydrogens (tertiary/aromatic N) is 3. The van der Waals surface area contributed by atoms with Crippen LogP contribution < -0.4 is 25.4 Å². The van der Waals surface area contributed by atoms with E-state index in [9.17, 15) is 32.4 Å². The van der Waals surface area contributed by atoms with Crippen molar-refractivity contribution in [2.24, 2.45) is 11.3 Å². The Kier molecular flexibility index (Phi) is 12.5. The fourth-order valence-electron chi connectivity index (χ4n) is 8.49. The molecular formula is C43H63N7O9S. The Balaban J connectivity index is 1.39. The molecule has 16 nitrogen and oxygen atoms in total. The second-order valence-electron chi connectivity index (χ2n) is 19.3. The number of likely N-dealkylation sites (tertiary alicyclic amines) is 1. The third kappa shape index (κ3) is 9.30. The number of alkyl carbamates (subject to hydrolysis) is 1. The molecule has 2 saturated carbocycles. The SMILES string of the molecule is CC[C@@H]1C[C@@]12NC(=O)[C@@H]1C[C@H](CN1C(=O)[C@@H](NC(=O)OC(C)(C)C)C(C)(C)C)Oc1nc3c(cccc3n1C(C)C)C(=O)NCCC=CCCCC1(CC1)S(=O)(=O)NC2=O. The van der Waals surface area contributed by atoms with Crippen LogP contribution in [0.25, 0.3) is 11.0 Å². The van der Waals surface area contributed by atoms with Crippen LogP contribution in [0.4, 0.5) is 4.79 Å². The topological polar surface area (TPSA) is 207 Å². The first-order chi connectivity index (χ1) is 28.0. The van der Waals surface area contributed by atoms with Gasteiger partial charge in [0.2, 0.25) is 21.8 Å². The van der Waals surface area contributed by atoms with Gasteiger partial charge in [-0.25, -0.2) is 13.2 Å². The van der Waals surface area contributed by atoms with Crippen LogP contribution in [0.3, 0.4) is 0 Å². The van der Waals surface area contributed by atoms with E-state index in [1.165, 1.54) is 4.90 Å². The zero-order valence-electron chi connectivity index (χ0n) is 36.5. The zero-order chi connectivity index (χ0) is 44.0. The number of carbonyl (C=O) groups excluding carboxylic acids is 5. The third-order valence-corrected chi connectivity index (χ3v) is 14.3. The van der Waals surface area contributed by atoms with Crippen molar-refractivity contribution in [1.29, 1.82) is 0 Å². The van der Waals surface area contributed by atoms with Crippen LogP contribution in [-0.2, 0) is 29.1 Å². The van der Waals surface area contributed by atoms with Gasteiger partial charge in [0.25, 0.3) is 17.8 Å². The van der Waals surface area contributed by atoms with Crippen molar-refractivity contribution < 1.29 is 41.9 Å². The number of aromatic nitrogens is 2. The number of imidazole rings is 1. The van der Waals surface area contributed by atoms with E-state index in [1.807, 2.05) is 43.6 Å². The molecule has 3 heterocycles. The fourth-order valence-corrected chi connectivity index (χ4v) is 10.2. The molecule has 1 aromatic carbocycles. The third-order valence-electron chi connectivity index (χ3n) is 12.1. The largest absolute Gasteiger partial charge is 0.459 e. The number of nitrogens with one attached hydrogen (secondary N) is 4. The molecule has 2 aliphatic carbocycles. The Bertz CT molecular complexity index is 2150. The first-order valence-corrected chi connectivity index (χ1v) is 22.8. The Morgan fingerprint density at radius 1 is 1.05 bits per heavy atom. The number of sulfonamides is 1. The molecule has 0 radical (unpaired) electrons. The molecule has 4 aliphatic rings. The summed E-state index contributed by atoms with van der Waals surface area (Å²) in [5, 5.41) is 8.62. The van der Waals surface area contributed by atoms with Gasteiger partial charge in [0.1, 0.15) is 34.8 Å². The van der Waals surface area contributed by atoms with Crippen molar-refractivity contribution in [3.8, 4) is 6.01 Å². The molecular weight excluding hydrogens is 791 g/mol. The van der Waals surface area contributed by atoms with E-state index in [0.717, 1.165) is 0 Å². The monoisotopic (exact) mass is 853 g/mol. The number of ether oxygens (including phenoxy) is 2. The second kappa shape index (κ2) is 16.7. The summed E-state index contributed by atoms with van der Waals surface area (Å²) in [6.07, 6.45) is 6.07. The van der Waals surface area contributed by atoms with E-state index in [2.05, 4.69) is 20.7 Å². The van der Waals surface area contributed by atoms with Gasteiger partial charge in [-0.15, -0.1) is 0 Å². The van der Waals surface area contributed by atoms with Crippen molar-refractivity contribution >= 4 is 50.8 Å². The van der Waals surface area contributed by atoms with Crippen molar-refractivity contribution in [2.45, 2.75) is 160 Å². The molecule has 2 aliphatic heterocycles. The molecule has 5 amide bonds. The van der Waals surface area contributed by atoms with Crippen LogP contribution in [0.2, 0.25) is 0 Å². The lowest BCUT2D eigenvalue weighted by Crippen LogP contribution is -2.60. The van der Waals surface area contributed by atoms with E-state index < -0.39 is 73.3 Å². The Labute approximate surface area is 353 Å². The molecule has 0 unspecified atom stereocenters.